The molecule has 132 valence electrons. The van der Waals surface area contributed by atoms with Crippen LogP contribution in [0.1, 0.15) is 31.7 Å². The van der Waals surface area contributed by atoms with Crippen LogP contribution in [0.15, 0.2) is 78.9 Å². The Kier molecular flexibility index (Phi) is 4.05. The van der Waals surface area contributed by atoms with E-state index in [1.165, 1.54) is 74.3 Å². The third-order valence-corrected chi connectivity index (χ3v) is 5.84. The van der Waals surface area contributed by atoms with Gasteiger partial charge in [-0.2, -0.15) is 0 Å². The molecule has 27 heavy (non-hydrogen) atoms. The summed E-state index contributed by atoms with van der Waals surface area (Å²) >= 11 is 0. The summed E-state index contributed by atoms with van der Waals surface area (Å²) in [6.07, 6.45) is 5.02. The molecule has 0 spiro atoms. The van der Waals surface area contributed by atoms with E-state index in [0.717, 1.165) is 0 Å². The first-order valence-electron chi connectivity index (χ1n) is 10.1. The van der Waals surface area contributed by atoms with Crippen LogP contribution in [0.2, 0.25) is 0 Å². The Balaban J connectivity index is 1.79. The maximum Gasteiger partial charge on any atom is -0.00987 e. The van der Waals surface area contributed by atoms with Gasteiger partial charge in [-0.25, -0.2) is 0 Å². The maximum absolute atomic E-state index is 2.43. The van der Waals surface area contributed by atoms with E-state index in [1.54, 1.807) is 0 Å². The van der Waals surface area contributed by atoms with Crippen LogP contribution in [-0.4, -0.2) is 0 Å². The highest BCUT2D eigenvalue weighted by Gasteiger charge is 2.07. The number of benzene rings is 5. The zero-order valence-corrected chi connectivity index (χ0v) is 15.8. The van der Waals surface area contributed by atoms with Gasteiger partial charge < -0.3 is 0 Å². The van der Waals surface area contributed by atoms with Gasteiger partial charge in [0, 0.05) is 0 Å². The number of hydrogen-bond acceptors (Lipinski definition) is 0. The van der Waals surface area contributed by atoms with Crippen LogP contribution in [0.25, 0.3) is 43.1 Å². The van der Waals surface area contributed by atoms with Gasteiger partial charge in [-0.3, -0.25) is 0 Å². The van der Waals surface area contributed by atoms with Crippen LogP contribution < -0.4 is 0 Å². The Labute approximate surface area is 160 Å². The molecule has 5 aromatic carbocycles. The smallest absolute Gasteiger partial charge is 0.00987 e. The molecule has 0 unspecified atom stereocenters. The van der Waals surface area contributed by atoms with Crippen LogP contribution in [0.3, 0.4) is 0 Å². The largest absolute Gasteiger partial charge is 0.0654 e. The normalized spacial score (nSPS) is 11.7. The molecule has 5 aromatic rings. The van der Waals surface area contributed by atoms with E-state index in [4.69, 9.17) is 0 Å². The number of aryl methyl sites for hydroxylation is 1. The van der Waals surface area contributed by atoms with E-state index >= 15 is 0 Å². The molecule has 0 heteroatoms. The first-order valence-corrected chi connectivity index (χ1v) is 10.1. The SMILES string of the molecule is CCCCCc1cccc2cc3ccc4cc5ccccc5cc4c3cc12. The van der Waals surface area contributed by atoms with Gasteiger partial charge in [0.15, 0.2) is 0 Å². The van der Waals surface area contributed by atoms with Crippen LogP contribution >= 0.6 is 0 Å². The molecule has 0 aliphatic rings. The van der Waals surface area contributed by atoms with Crippen molar-refractivity contribution >= 4 is 43.1 Å². The van der Waals surface area contributed by atoms with Gasteiger partial charge in [0.1, 0.15) is 0 Å². The summed E-state index contributed by atoms with van der Waals surface area (Å²) in [6, 6.07) is 29.4. The summed E-state index contributed by atoms with van der Waals surface area (Å²) < 4.78 is 0. The second-order valence-corrected chi connectivity index (χ2v) is 7.65. The highest BCUT2D eigenvalue weighted by Crippen LogP contribution is 2.33. The number of rotatable bonds is 4. The molecular formula is C27H24. The van der Waals surface area contributed by atoms with Crippen molar-refractivity contribution in [1.82, 2.24) is 0 Å². The lowest BCUT2D eigenvalue weighted by atomic mass is 9.93. The standard InChI is InChI=1S/C27H24/c1-2-3-4-8-19-11-7-12-22-16-24-14-13-23-15-20-9-5-6-10-21(20)17-26(23)27(24)18-25(19)22/h5-7,9-18H,2-4,8H2,1H3. The summed E-state index contributed by atoms with van der Waals surface area (Å²) in [4.78, 5) is 0. The van der Waals surface area contributed by atoms with Crippen molar-refractivity contribution in [1.29, 1.82) is 0 Å². The lowest BCUT2D eigenvalue weighted by Gasteiger charge is -2.11. The predicted molar refractivity (Wildman–Crippen MR) is 120 cm³/mol. The van der Waals surface area contributed by atoms with E-state index < -0.39 is 0 Å². The molecule has 0 amide bonds. The molecule has 0 atom stereocenters. The molecule has 0 aromatic heterocycles. The van der Waals surface area contributed by atoms with E-state index in [2.05, 4.69) is 85.8 Å². The molecule has 0 N–H and O–H groups in total. The second-order valence-electron chi connectivity index (χ2n) is 7.65. The van der Waals surface area contributed by atoms with Crippen molar-refractivity contribution in [3.63, 3.8) is 0 Å². The second kappa shape index (κ2) is 6.70. The lowest BCUT2D eigenvalue weighted by molar-refractivity contribution is 0.720. The molecule has 0 saturated heterocycles. The van der Waals surface area contributed by atoms with Crippen molar-refractivity contribution in [2.45, 2.75) is 32.6 Å². The van der Waals surface area contributed by atoms with Gasteiger partial charge in [0.2, 0.25) is 0 Å². The molecule has 0 bridgehead atoms. The molecular weight excluding hydrogens is 324 g/mol. The summed E-state index contributed by atoms with van der Waals surface area (Å²) in [5.41, 5.74) is 1.49. The van der Waals surface area contributed by atoms with Gasteiger partial charge in [-0.05, 0) is 85.8 Å². The van der Waals surface area contributed by atoms with E-state index in [-0.39, 0.29) is 0 Å². The zero-order valence-electron chi connectivity index (χ0n) is 15.8. The Morgan fingerprint density at radius 2 is 1.15 bits per heavy atom. The fourth-order valence-corrected chi connectivity index (χ4v) is 4.37. The van der Waals surface area contributed by atoms with Gasteiger partial charge >= 0.3 is 0 Å². The average molecular weight is 348 g/mol. The van der Waals surface area contributed by atoms with Crippen LogP contribution in [0, 0.1) is 0 Å². The molecule has 0 saturated carbocycles. The van der Waals surface area contributed by atoms with E-state index in [9.17, 15) is 0 Å². The fourth-order valence-electron chi connectivity index (χ4n) is 4.37. The molecule has 0 aliphatic carbocycles. The third kappa shape index (κ3) is 2.86. The minimum atomic E-state index is 1.17. The fraction of sp³-hybridized carbons (Fsp3) is 0.185. The third-order valence-electron chi connectivity index (χ3n) is 5.84. The molecule has 5 rings (SSSR count). The highest BCUT2D eigenvalue weighted by molar-refractivity contribution is 6.15. The molecule has 0 fully saturated rings. The van der Waals surface area contributed by atoms with Gasteiger partial charge in [-0.15, -0.1) is 0 Å². The Bertz CT molecular complexity index is 1280. The van der Waals surface area contributed by atoms with E-state index in [1.807, 2.05) is 0 Å². The summed E-state index contributed by atoms with van der Waals surface area (Å²) in [7, 11) is 0. The van der Waals surface area contributed by atoms with Gasteiger partial charge in [0.25, 0.3) is 0 Å². The van der Waals surface area contributed by atoms with Crippen LogP contribution in [-0.2, 0) is 6.42 Å². The summed E-state index contributed by atoms with van der Waals surface area (Å²) in [5, 5.41) is 10.8. The molecule has 0 nitrogen and oxygen atoms in total. The predicted octanol–water partition coefficient (Wildman–Crippen LogP) is 8.03. The van der Waals surface area contributed by atoms with Gasteiger partial charge in [0.05, 0.1) is 0 Å². The Morgan fingerprint density at radius 3 is 1.93 bits per heavy atom. The summed E-state index contributed by atoms with van der Waals surface area (Å²) in [5.74, 6) is 0. The minimum absolute atomic E-state index is 1.17. The van der Waals surface area contributed by atoms with Gasteiger partial charge in [-0.1, -0.05) is 74.4 Å². The van der Waals surface area contributed by atoms with E-state index in [0.29, 0.717) is 0 Å². The quantitative estimate of drug-likeness (QED) is 0.175. The molecule has 0 aliphatic heterocycles. The first-order chi connectivity index (χ1) is 13.3. The zero-order chi connectivity index (χ0) is 18.2. The van der Waals surface area contributed by atoms with Crippen molar-refractivity contribution in [2.24, 2.45) is 0 Å². The average Bonchev–Trinajstić information content (AvgIpc) is 2.71. The molecule has 0 radical (unpaired) electrons. The number of hydrogen-bond donors (Lipinski definition) is 0. The highest BCUT2D eigenvalue weighted by atomic mass is 14.1. The van der Waals surface area contributed by atoms with Crippen molar-refractivity contribution < 1.29 is 0 Å². The monoisotopic (exact) mass is 348 g/mol. The van der Waals surface area contributed by atoms with Crippen molar-refractivity contribution in [3.8, 4) is 0 Å². The minimum Gasteiger partial charge on any atom is -0.0654 e. The Morgan fingerprint density at radius 1 is 0.519 bits per heavy atom. The Hall–Kier alpha value is -2.86. The maximum atomic E-state index is 2.43. The van der Waals surface area contributed by atoms with Crippen molar-refractivity contribution in [3.05, 3.63) is 84.4 Å². The van der Waals surface area contributed by atoms with Crippen molar-refractivity contribution in [2.75, 3.05) is 0 Å². The molecule has 0 heterocycles. The lowest BCUT2D eigenvalue weighted by Crippen LogP contribution is -1.89. The van der Waals surface area contributed by atoms with Crippen LogP contribution in [0.5, 0.6) is 0 Å². The number of unbranched alkanes of at least 4 members (excludes halogenated alkanes) is 2. The van der Waals surface area contributed by atoms with Crippen LogP contribution in [0.4, 0.5) is 0 Å². The first kappa shape index (κ1) is 16.3. The topological polar surface area (TPSA) is 0 Å². The summed E-state index contributed by atoms with van der Waals surface area (Å²) in [6.45, 7) is 2.27. The number of fused-ring (bicyclic) bond motifs is 5.